The third kappa shape index (κ3) is 3.24. The predicted molar refractivity (Wildman–Crippen MR) is 86.5 cm³/mol. The molecule has 118 valence electrons. The Morgan fingerprint density at radius 3 is 2.82 bits per heavy atom. The molecule has 0 aromatic heterocycles. The topological polar surface area (TPSA) is 85.0 Å². The van der Waals surface area contributed by atoms with Crippen molar-refractivity contribution in [2.45, 2.75) is 25.3 Å². The van der Waals surface area contributed by atoms with E-state index in [9.17, 15) is 15.3 Å². The van der Waals surface area contributed by atoms with Gasteiger partial charge < -0.3 is 9.94 Å². The molecular formula is C15H18N2O4S. The summed E-state index contributed by atoms with van der Waals surface area (Å²) in [6.07, 6.45) is 3.33. The lowest BCUT2D eigenvalue weighted by atomic mass is 9.89. The summed E-state index contributed by atoms with van der Waals surface area (Å²) in [5.41, 5.74) is 1.72. The number of rotatable bonds is 5. The Balaban J connectivity index is 2.48. The number of oxime groups is 1. The van der Waals surface area contributed by atoms with Gasteiger partial charge in [-0.05, 0) is 35.3 Å². The Labute approximate surface area is 133 Å². The maximum absolute atomic E-state index is 11.1. The Morgan fingerprint density at radius 1 is 1.50 bits per heavy atom. The molecule has 1 aliphatic carbocycles. The zero-order chi connectivity index (χ0) is 16.1. The Bertz CT molecular complexity index is 628. The van der Waals surface area contributed by atoms with Gasteiger partial charge in [0.05, 0.1) is 7.11 Å². The highest BCUT2D eigenvalue weighted by Crippen LogP contribution is 2.36. The van der Waals surface area contributed by atoms with Gasteiger partial charge in [0.2, 0.25) is 6.04 Å². The van der Waals surface area contributed by atoms with Crippen LogP contribution in [0.5, 0.6) is 5.75 Å². The van der Waals surface area contributed by atoms with E-state index in [4.69, 9.17) is 4.74 Å². The zero-order valence-corrected chi connectivity index (χ0v) is 13.3. The summed E-state index contributed by atoms with van der Waals surface area (Å²) in [6, 6.07) is 6.55. The summed E-state index contributed by atoms with van der Waals surface area (Å²) < 4.78 is 5.31. The SMILES string of the molecule is COc1ccccc1/C(=N/O)C1=C(SC)CCC([N+](=O)[O-])C1. The van der Waals surface area contributed by atoms with Crippen LogP contribution in [-0.2, 0) is 0 Å². The van der Waals surface area contributed by atoms with Crippen molar-refractivity contribution in [3.05, 3.63) is 50.4 Å². The zero-order valence-electron chi connectivity index (χ0n) is 12.5. The first-order valence-electron chi connectivity index (χ1n) is 6.87. The molecule has 1 aromatic rings. The van der Waals surface area contributed by atoms with Crippen molar-refractivity contribution in [1.82, 2.24) is 0 Å². The van der Waals surface area contributed by atoms with Gasteiger partial charge in [-0.3, -0.25) is 10.1 Å². The second kappa shape index (κ2) is 7.31. The average Bonchev–Trinajstić information content (AvgIpc) is 2.55. The molecule has 1 unspecified atom stereocenters. The molecule has 0 heterocycles. The second-order valence-corrected chi connectivity index (χ2v) is 5.84. The summed E-state index contributed by atoms with van der Waals surface area (Å²) >= 11 is 1.54. The van der Waals surface area contributed by atoms with Gasteiger partial charge in [-0.2, -0.15) is 0 Å². The van der Waals surface area contributed by atoms with Gasteiger partial charge in [0.25, 0.3) is 0 Å². The maximum atomic E-state index is 11.1. The minimum atomic E-state index is -0.641. The van der Waals surface area contributed by atoms with Gasteiger partial charge in [0, 0.05) is 23.3 Å². The Kier molecular flexibility index (Phi) is 5.43. The molecule has 0 amide bonds. The van der Waals surface area contributed by atoms with Crippen LogP contribution in [0.3, 0.4) is 0 Å². The lowest BCUT2D eigenvalue weighted by Crippen LogP contribution is -2.26. The fraction of sp³-hybridized carbons (Fsp3) is 0.400. The fourth-order valence-electron chi connectivity index (χ4n) is 2.65. The van der Waals surface area contributed by atoms with Gasteiger partial charge in [0.15, 0.2) is 0 Å². The van der Waals surface area contributed by atoms with Crippen molar-refractivity contribution < 1.29 is 14.9 Å². The van der Waals surface area contributed by atoms with Crippen molar-refractivity contribution in [1.29, 1.82) is 0 Å². The van der Waals surface area contributed by atoms with Crippen molar-refractivity contribution in [2.75, 3.05) is 13.4 Å². The first-order valence-corrected chi connectivity index (χ1v) is 8.10. The van der Waals surface area contributed by atoms with E-state index < -0.39 is 6.04 Å². The number of benzene rings is 1. The fourth-order valence-corrected chi connectivity index (χ4v) is 3.40. The molecule has 0 saturated carbocycles. The minimum absolute atomic E-state index is 0.256. The standard InChI is InChI=1S/C15H18N2O4S/c1-21-13-6-4-3-5-11(13)15(16-18)12-9-10(17(19)20)7-8-14(12)22-2/h3-6,10,18H,7-9H2,1-2H3/b16-15-. The van der Waals surface area contributed by atoms with E-state index in [0.717, 1.165) is 10.5 Å². The smallest absolute Gasteiger partial charge is 0.217 e. The van der Waals surface area contributed by atoms with Crippen LogP contribution in [0.1, 0.15) is 24.8 Å². The van der Waals surface area contributed by atoms with E-state index in [1.54, 1.807) is 31.0 Å². The summed E-state index contributed by atoms with van der Waals surface area (Å²) in [7, 11) is 1.54. The van der Waals surface area contributed by atoms with Gasteiger partial charge in [0.1, 0.15) is 11.5 Å². The predicted octanol–water partition coefficient (Wildman–Crippen LogP) is 3.32. The molecule has 0 fully saturated rings. The monoisotopic (exact) mass is 322 g/mol. The number of hydrogen-bond donors (Lipinski definition) is 1. The highest BCUT2D eigenvalue weighted by atomic mass is 32.2. The normalized spacial score (nSPS) is 19.2. The van der Waals surface area contributed by atoms with E-state index in [1.165, 1.54) is 0 Å². The lowest BCUT2D eigenvalue weighted by Gasteiger charge is -2.23. The molecule has 2 rings (SSSR count). The summed E-state index contributed by atoms with van der Waals surface area (Å²) in [5, 5.41) is 24.0. The van der Waals surface area contributed by atoms with Crippen LogP contribution in [0, 0.1) is 10.1 Å². The van der Waals surface area contributed by atoms with Crippen LogP contribution < -0.4 is 4.74 Å². The number of thioether (sulfide) groups is 1. The van der Waals surface area contributed by atoms with E-state index in [0.29, 0.717) is 29.9 Å². The molecule has 0 spiro atoms. The van der Waals surface area contributed by atoms with Crippen LogP contribution in [0.2, 0.25) is 0 Å². The highest BCUT2D eigenvalue weighted by Gasteiger charge is 2.32. The average molecular weight is 322 g/mol. The van der Waals surface area contributed by atoms with Crippen LogP contribution in [0.25, 0.3) is 0 Å². The number of para-hydroxylation sites is 1. The molecule has 1 aliphatic rings. The molecule has 0 bridgehead atoms. The number of allylic oxidation sites excluding steroid dienone is 1. The first-order chi connectivity index (χ1) is 10.6. The number of methoxy groups -OCH3 is 1. The van der Waals surface area contributed by atoms with Crippen molar-refractivity contribution in [3.63, 3.8) is 0 Å². The van der Waals surface area contributed by atoms with Crippen LogP contribution in [-0.4, -0.2) is 35.2 Å². The number of nitrogens with zero attached hydrogens (tertiary/aromatic N) is 2. The molecule has 1 atom stereocenters. The molecular weight excluding hydrogens is 304 g/mol. The Morgan fingerprint density at radius 2 is 2.23 bits per heavy atom. The minimum Gasteiger partial charge on any atom is -0.496 e. The molecule has 6 nitrogen and oxygen atoms in total. The lowest BCUT2D eigenvalue weighted by molar-refractivity contribution is -0.523. The van der Waals surface area contributed by atoms with E-state index >= 15 is 0 Å². The summed E-state index contributed by atoms with van der Waals surface area (Å²) in [5.74, 6) is 0.575. The van der Waals surface area contributed by atoms with Gasteiger partial charge in [-0.15, -0.1) is 11.8 Å². The second-order valence-electron chi connectivity index (χ2n) is 4.94. The van der Waals surface area contributed by atoms with Crippen LogP contribution >= 0.6 is 11.8 Å². The number of ether oxygens (including phenoxy) is 1. The molecule has 7 heteroatoms. The molecule has 0 radical (unpaired) electrons. The van der Waals surface area contributed by atoms with E-state index in [2.05, 4.69) is 5.16 Å². The quantitative estimate of drug-likeness (QED) is 0.389. The third-order valence-electron chi connectivity index (χ3n) is 3.77. The maximum Gasteiger partial charge on any atom is 0.217 e. The number of nitro groups is 1. The van der Waals surface area contributed by atoms with Crippen molar-refractivity contribution >= 4 is 17.5 Å². The molecule has 0 aliphatic heterocycles. The molecule has 0 saturated heterocycles. The third-order valence-corrected chi connectivity index (χ3v) is 4.72. The molecule has 1 aromatic carbocycles. The largest absolute Gasteiger partial charge is 0.496 e. The van der Waals surface area contributed by atoms with E-state index in [1.807, 2.05) is 18.4 Å². The first kappa shape index (κ1) is 16.4. The van der Waals surface area contributed by atoms with Crippen LogP contribution in [0.4, 0.5) is 0 Å². The molecule has 1 N–H and O–H groups in total. The van der Waals surface area contributed by atoms with Crippen molar-refractivity contribution in [2.24, 2.45) is 5.16 Å². The molecule has 22 heavy (non-hydrogen) atoms. The summed E-state index contributed by atoms with van der Waals surface area (Å²) in [4.78, 5) is 11.9. The Hall–Kier alpha value is -2.02. The van der Waals surface area contributed by atoms with E-state index in [-0.39, 0.29) is 11.3 Å². The number of hydrogen-bond acceptors (Lipinski definition) is 6. The van der Waals surface area contributed by atoms with Gasteiger partial charge in [-0.1, -0.05) is 17.3 Å². The van der Waals surface area contributed by atoms with Gasteiger partial charge in [-0.25, -0.2) is 0 Å². The van der Waals surface area contributed by atoms with Gasteiger partial charge >= 0.3 is 0 Å². The highest BCUT2D eigenvalue weighted by molar-refractivity contribution is 8.02. The summed E-state index contributed by atoms with van der Waals surface area (Å²) in [6.45, 7) is 0. The van der Waals surface area contributed by atoms with Crippen LogP contribution in [0.15, 0.2) is 39.9 Å². The van der Waals surface area contributed by atoms with Crippen molar-refractivity contribution in [3.8, 4) is 5.75 Å².